The van der Waals surface area contributed by atoms with Crippen molar-refractivity contribution >= 4 is 58.2 Å². The molecule has 0 bridgehead atoms. The molecule has 3 amide bonds. The molecule has 0 aliphatic carbocycles. The van der Waals surface area contributed by atoms with Crippen LogP contribution in [0.25, 0.3) is 6.08 Å². The summed E-state index contributed by atoms with van der Waals surface area (Å²) in [6.07, 6.45) is 3.02. The van der Waals surface area contributed by atoms with Crippen LogP contribution in [0.3, 0.4) is 0 Å². The molecule has 2 aromatic carbocycles. The van der Waals surface area contributed by atoms with Crippen LogP contribution in [-0.2, 0) is 4.79 Å². The van der Waals surface area contributed by atoms with Crippen molar-refractivity contribution < 1.29 is 14.4 Å². The second kappa shape index (κ2) is 10.8. The summed E-state index contributed by atoms with van der Waals surface area (Å²) in [4.78, 5) is 37.1. The van der Waals surface area contributed by atoms with Gasteiger partial charge in [-0.2, -0.15) is 0 Å². The average molecular weight is 451 g/mol. The van der Waals surface area contributed by atoms with Gasteiger partial charge in [-0.15, -0.1) is 11.3 Å². The predicted octanol–water partition coefficient (Wildman–Crippen LogP) is 3.35. The summed E-state index contributed by atoms with van der Waals surface area (Å²) < 4.78 is 0. The van der Waals surface area contributed by atoms with Crippen LogP contribution in [0.2, 0.25) is 0 Å². The van der Waals surface area contributed by atoms with E-state index in [2.05, 4.69) is 21.5 Å². The molecule has 0 aliphatic rings. The number of carbonyl (C=O) groups excluding carboxylic acids is 3. The Bertz CT molecular complexity index is 1100. The Morgan fingerprint density at radius 2 is 1.52 bits per heavy atom. The standard InChI is InChI=1S/C22H18N4O3S2/c27-19(13-12-18-7-4-14-31-18)24-22(30)26-25-21(29)16-8-10-17(11-9-16)23-20(28)15-5-2-1-3-6-15/h1-14H,(H,23,28)(H,25,29)(H2,24,26,27,30)/b13-12+. The van der Waals surface area contributed by atoms with E-state index >= 15 is 0 Å². The van der Waals surface area contributed by atoms with E-state index in [4.69, 9.17) is 12.2 Å². The first-order chi connectivity index (χ1) is 15.0. The van der Waals surface area contributed by atoms with E-state index in [9.17, 15) is 14.4 Å². The fourth-order valence-corrected chi connectivity index (χ4v) is 3.18. The van der Waals surface area contributed by atoms with Crippen molar-refractivity contribution in [3.05, 3.63) is 94.2 Å². The van der Waals surface area contributed by atoms with Gasteiger partial charge in [-0.3, -0.25) is 30.6 Å². The van der Waals surface area contributed by atoms with E-state index < -0.39 is 11.8 Å². The van der Waals surface area contributed by atoms with Crippen LogP contribution in [0.5, 0.6) is 0 Å². The topological polar surface area (TPSA) is 99.3 Å². The number of rotatable bonds is 5. The highest BCUT2D eigenvalue weighted by Crippen LogP contribution is 2.12. The number of anilines is 1. The molecule has 3 aromatic rings. The highest BCUT2D eigenvalue weighted by Gasteiger charge is 2.09. The Morgan fingerprint density at radius 1 is 0.806 bits per heavy atom. The Morgan fingerprint density at radius 3 is 2.19 bits per heavy atom. The summed E-state index contributed by atoms with van der Waals surface area (Å²) >= 11 is 6.49. The smallest absolute Gasteiger partial charge is 0.269 e. The zero-order valence-electron chi connectivity index (χ0n) is 16.1. The molecular formula is C22H18N4O3S2. The summed E-state index contributed by atoms with van der Waals surface area (Å²) in [5.74, 6) is -1.11. The first-order valence-electron chi connectivity index (χ1n) is 9.10. The number of hydrazine groups is 1. The van der Waals surface area contributed by atoms with Gasteiger partial charge < -0.3 is 5.32 Å². The minimum atomic E-state index is -0.452. The van der Waals surface area contributed by atoms with Crippen molar-refractivity contribution in [1.82, 2.24) is 16.2 Å². The van der Waals surface area contributed by atoms with E-state index in [1.54, 1.807) is 54.6 Å². The highest BCUT2D eigenvalue weighted by molar-refractivity contribution is 7.80. The Hall–Kier alpha value is -3.82. The predicted molar refractivity (Wildman–Crippen MR) is 126 cm³/mol. The van der Waals surface area contributed by atoms with Gasteiger partial charge in [-0.25, -0.2) is 0 Å². The minimum absolute atomic E-state index is 0.0408. The molecule has 0 atom stereocenters. The number of carbonyl (C=O) groups is 3. The molecule has 1 aromatic heterocycles. The van der Waals surface area contributed by atoms with E-state index in [0.29, 0.717) is 16.8 Å². The molecular weight excluding hydrogens is 432 g/mol. The quantitative estimate of drug-likeness (QED) is 0.271. The molecule has 3 rings (SSSR count). The van der Waals surface area contributed by atoms with Crippen molar-refractivity contribution in [3.63, 3.8) is 0 Å². The molecule has 1 heterocycles. The summed E-state index contributed by atoms with van der Waals surface area (Å²) in [5, 5.41) is 7.06. The molecule has 156 valence electrons. The number of nitrogens with one attached hydrogen (secondary N) is 4. The molecule has 0 spiro atoms. The van der Waals surface area contributed by atoms with Crippen molar-refractivity contribution in [2.75, 3.05) is 5.32 Å². The minimum Gasteiger partial charge on any atom is -0.322 e. The number of amides is 3. The van der Waals surface area contributed by atoms with Gasteiger partial charge in [0.1, 0.15) is 0 Å². The van der Waals surface area contributed by atoms with Gasteiger partial charge in [-0.1, -0.05) is 24.3 Å². The van der Waals surface area contributed by atoms with E-state index in [0.717, 1.165) is 4.88 Å². The molecule has 9 heteroatoms. The number of benzene rings is 2. The summed E-state index contributed by atoms with van der Waals surface area (Å²) in [6.45, 7) is 0. The molecule has 0 radical (unpaired) electrons. The fourth-order valence-electron chi connectivity index (χ4n) is 2.41. The normalized spacial score (nSPS) is 10.3. The monoisotopic (exact) mass is 450 g/mol. The molecule has 0 unspecified atom stereocenters. The zero-order valence-corrected chi connectivity index (χ0v) is 17.8. The summed E-state index contributed by atoms with van der Waals surface area (Å²) in [7, 11) is 0. The Kier molecular flexibility index (Phi) is 7.63. The number of hydrogen-bond acceptors (Lipinski definition) is 5. The second-order valence-electron chi connectivity index (χ2n) is 6.14. The van der Waals surface area contributed by atoms with Gasteiger partial charge in [0.2, 0.25) is 5.91 Å². The van der Waals surface area contributed by atoms with Crippen LogP contribution < -0.4 is 21.5 Å². The third kappa shape index (κ3) is 6.88. The first-order valence-corrected chi connectivity index (χ1v) is 10.4. The third-order valence-electron chi connectivity index (χ3n) is 3.91. The lowest BCUT2D eigenvalue weighted by molar-refractivity contribution is -0.115. The van der Waals surface area contributed by atoms with Crippen LogP contribution in [0.15, 0.2) is 78.2 Å². The van der Waals surface area contributed by atoms with Crippen LogP contribution in [-0.4, -0.2) is 22.8 Å². The van der Waals surface area contributed by atoms with Crippen LogP contribution >= 0.6 is 23.6 Å². The van der Waals surface area contributed by atoms with E-state index in [-0.39, 0.29) is 11.0 Å². The maximum absolute atomic E-state index is 12.2. The second-order valence-corrected chi connectivity index (χ2v) is 7.53. The van der Waals surface area contributed by atoms with Crippen molar-refractivity contribution in [3.8, 4) is 0 Å². The molecule has 0 fully saturated rings. The lowest BCUT2D eigenvalue weighted by Crippen LogP contribution is -2.48. The van der Waals surface area contributed by atoms with Gasteiger partial charge in [0.25, 0.3) is 11.8 Å². The van der Waals surface area contributed by atoms with Crippen molar-refractivity contribution in [1.29, 1.82) is 0 Å². The molecule has 0 saturated carbocycles. The Labute approximate surface area is 188 Å². The molecule has 0 saturated heterocycles. The summed E-state index contributed by atoms with van der Waals surface area (Å²) in [6, 6.07) is 18.9. The number of hydrogen-bond donors (Lipinski definition) is 4. The fraction of sp³-hybridized carbons (Fsp3) is 0. The molecule has 0 aliphatic heterocycles. The average Bonchev–Trinajstić information content (AvgIpc) is 3.31. The SMILES string of the molecule is O=C(/C=C/c1cccs1)NC(=S)NNC(=O)c1ccc(NC(=O)c2ccccc2)cc1. The lowest BCUT2D eigenvalue weighted by Gasteiger charge is -2.10. The van der Waals surface area contributed by atoms with Gasteiger partial charge in [-0.05, 0) is 66.1 Å². The largest absolute Gasteiger partial charge is 0.322 e. The highest BCUT2D eigenvalue weighted by atomic mass is 32.1. The van der Waals surface area contributed by atoms with Crippen LogP contribution in [0.1, 0.15) is 25.6 Å². The first kappa shape index (κ1) is 21.9. The van der Waals surface area contributed by atoms with Gasteiger partial charge >= 0.3 is 0 Å². The van der Waals surface area contributed by atoms with E-state index in [1.807, 2.05) is 23.6 Å². The Balaban J connectivity index is 1.45. The third-order valence-corrected chi connectivity index (χ3v) is 4.95. The lowest BCUT2D eigenvalue weighted by atomic mass is 10.2. The van der Waals surface area contributed by atoms with Gasteiger partial charge in [0.15, 0.2) is 5.11 Å². The van der Waals surface area contributed by atoms with Crippen molar-refractivity contribution in [2.24, 2.45) is 0 Å². The molecule has 7 nitrogen and oxygen atoms in total. The van der Waals surface area contributed by atoms with Gasteiger partial charge in [0, 0.05) is 27.8 Å². The van der Waals surface area contributed by atoms with Gasteiger partial charge in [0.05, 0.1) is 0 Å². The van der Waals surface area contributed by atoms with Crippen LogP contribution in [0, 0.1) is 0 Å². The molecule has 4 N–H and O–H groups in total. The zero-order chi connectivity index (χ0) is 22.1. The summed E-state index contributed by atoms with van der Waals surface area (Å²) in [5.41, 5.74) is 6.31. The number of thiocarbonyl (C=S) groups is 1. The number of thiophene rings is 1. The van der Waals surface area contributed by atoms with E-state index in [1.165, 1.54) is 17.4 Å². The molecule has 31 heavy (non-hydrogen) atoms. The maximum atomic E-state index is 12.2. The maximum Gasteiger partial charge on any atom is 0.269 e. The van der Waals surface area contributed by atoms with Crippen LogP contribution in [0.4, 0.5) is 5.69 Å². The van der Waals surface area contributed by atoms with Crippen molar-refractivity contribution in [2.45, 2.75) is 0 Å².